The minimum atomic E-state index is -0.217. The van der Waals surface area contributed by atoms with Crippen LogP contribution in [0.5, 0.6) is 0 Å². The van der Waals surface area contributed by atoms with Crippen LogP contribution in [0.2, 0.25) is 0 Å². The summed E-state index contributed by atoms with van der Waals surface area (Å²) < 4.78 is 0. The van der Waals surface area contributed by atoms with Gasteiger partial charge in [-0.25, -0.2) is 0 Å². The van der Waals surface area contributed by atoms with Crippen molar-refractivity contribution in [1.29, 1.82) is 0 Å². The van der Waals surface area contributed by atoms with E-state index in [1.54, 1.807) is 0 Å². The molecule has 0 aromatic heterocycles. The Morgan fingerprint density at radius 2 is 1.11 bits per heavy atom. The number of hydrogen-bond donors (Lipinski definition) is 0. The number of anilines is 4. The topological polar surface area (TPSA) is 6.48 Å². The molecule has 0 spiro atoms. The molecule has 2 aliphatic rings. The second-order valence-electron chi connectivity index (χ2n) is 16.0. The van der Waals surface area contributed by atoms with E-state index in [9.17, 15) is 0 Å². The molecule has 2 aliphatic carbocycles. The van der Waals surface area contributed by atoms with E-state index < -0.39 is 0 Å². The van der Waals surface area contributed by atoms with Crippen LogP contribution in [0.4, 0.5) is 22.7 Å². The average molecular weight is 729 g/mol. The van der Waals surface area contributed by atoms with Crippen LogP contribution in [0, 0.1) is 0 Å². The van der Waals surface area contributed by atoms with Gasteiger partial charge in [0, 0.05) is 44.7 Å². The van der Waals surface area contributed by atoms with Crippen LogP contribution >= 0.6 is 0 Å². The molecule has 6 aromatic carbocycles. The van der Waals surface area contributed by atoms with Gasteiger partial charge in [0.05, 0.1) is 5.69 Å². The van der Waals surface area contributed by atoms with Crippen LogP contribution in [-0.2, 0) is 10.8 Å². The lowest BCUT2D eigenvalue weighted by Gasteiger charge is -2.30. The molecule has 0 bridgehead atoms. The lowest BCUT2D eigenvalue weighted by molar-refractivity contribution is 0.652. The Morgan fingerprint density at radius 1 is 0.554 bits per heavy atom. The Bertz CT molecular complexity index is 2600. The van der Waals surface area contributed by atoms with Crippen LogP contribution in [0.25, 0.3) is 33.0 Å². The molecule has 0 amide bonds. The highest BCUT2D eigenvalue weighted by atomic mass is 15.2. The minimum absolute atomic E-state index is 0.204. The van der Waals surface area contributed by atoms with Crippen molar-refractivity contribution in [3.63, 3.8) is 0 Å². The van der Waals surface area contributed by atoms with Crippen molar-refractivity contribution in [3.8, 4) is 22.3 Å². The van der Waals surface area contributed by atoms with E-state index in [0.29, 0.717) is 0 Å². The molecular weight excluding hydrogens is 677 g/mol. The number of para-hydroxylation sites is 2. The van der Waals surface area contributed by atoms with Crippen molar-refractivity contribution in [2.24, 2.45) is 0 Å². The maximum Gasteiger partial charge on any atom is 0.0543 e. The molecule has 0 N–H and O–H groups in total. The molecule has 0 saturated heterocycles. The maximum atomic E-state index is 3.93. The van der Waals surface area contributed by atoms with Crippen molar-refractivity contribution in [1.82, 2.24) is 0 Å². The summed E-state index contributed by atoms with van der Waals surface area (Å²) in [6.07, 6.45) is 15.9. The number of fused-ring (bicyclic) bond motifs is 8. The normalized spacial score (nSPS) is 15.2. The van der Waals surface area contributed by atoms with Gasteiger partial charge < -0.3 is 9.80 Å². The van der Waals surface area contributed by atoms with E-state index in [1.165, 1.54) is 61.0 Å². The standard InChI is InChI=1S/C54H52N2/c1-9-13-23-37(11-3)55(39-25-17-15-18-26-39)41-31-32-42-45-34-49-46(35-48(45)53(5,6)47(42)33-41)52-44-30-22-21-29-43(44)51(36-50(52)54(49,7)8)56(38(12-4)24-14-10-2)40-27-19-16-20-28-40/h9,11-36H,1,10H2,2-8H3. The van der Waals surface area contributed by atoms with E-state index >= 15 is 0 Å². The van der Waals surface area contributed by atoms with Gasteiger partial charge in [0.1, 0.15) is 0 Å². The summed E-state index contributed by atoms with van der Waals surface area (Å²) in [5, 5.41) is 2.55. The predicted molar refractivity (Wildman–Crippen MR) is 243 cm³/mol. The van der Waals surface area contributed by atoms with E-state index in [2.05, 4.69) is 217 Å². The summed E-state index contributed by atoms with van der Waals surface area (Å²) >= 11 is 0. The lowest BCUT2D eigenvalue weighted by atomic mass is 9.79. The highest BCUT2D eigenvalue weighted by Crippen LogP contribution is 2.59. The summed E-state index contributed by atoms with van der Waals surface area (Å²) in [5.74, 6) is 0. The van der Waals surface area contributed by atoms with Gasteiger partial charge in [-0.3, -0.25) is 0 Å². The van der Waals surface area contributed by atoms with Gasteiger partial charge in [-0.05, 0) is 137 Å². The van der Waals surface area contributed by atoms with Gasteiger partial charge in [0.25, 0.3) is 0 Å². The number of nitrogens with zero attached hydrogens (tertiary/aromatic N) is 2. The van der Waals surface area contributed by atoms with E-state index in [1.807, 2.05) is 12.2 Å². The number of rotatable bonds is 10. The van der Waals surface area contributed by atoms with Crippen LogP contribution in [0.1, 0.15) is 77.1 Å². The summed E-state index contributed by atoms with van der Waals surface area (Å²) in [6, 6.07) is 45.1. The van der Waals surface area contributed by atoms with Crippen molar-refractivity contribution in [2.75, 3.05) is 9.80 Å². The Hall–Kier alpha value is -6.12. The molecule has 0 fully saturated rings. The molecular formula is C54H52N2. The quantitative estimate of drug-likeness (QED) is 0.130. The number of allylic oxidation sites excluding steroid dienone is 7. The van der Waals surface area contributed by atoms with Gasteiger partial charge in [-0.15, -0.1) is 0 Å². The Morgan fingerprint density at radius 3 is 1.75 bits per heavy atom. The van der Waals surface area contributed by atoms with Crippen molar-refractivity contribution in [2.45, 2.75) is 65.7 Å². The molecule has 0 heterocycles. The predicted octanol–water partition coefficient (Wildman–Crippen LogP) is 15.2. The van der Waals surface area contributed by atoms with Gasteiger partial charge >= 0.3 is 0 Å². The van der Waals surface area contributed by atoms with Crippen molar-refractivity contribution >= 4 is 33.5 Å². The fourth-order valence-corrected chi connectivity index (χ4v) is 9.13. The maximum absolute atomic E-state index is 3.93. The Kier molecular flexibility index (Phi) is 9.54. The molecule has 0 unspecified atom stereocenters. The second-order valence-corrected chi connectivity index (χ2v) is 16.0. The monoisotopic (exact) mass is 728 g/mol. The fraction of sp³-hybridized carbons (Fsp3) is 0.185. The van der Waals surface area contributed by atoms with Crippen LogP contribution in [-0.4, -0.2) is 0 Å². The first-order valence-electron chi connectivity index (χ1n) is 20.0. The average Bonchev–Trinajstić information content (AvgIpc) is 3.59. The van der Waals surface area contributed by atoms with Crippen LogP contribution in [0.3, 0.4) is 0 Å². The van der Waals surface area contributed by atoms with Gasteiger partial charge in [0.2, 0.25) is 0 Å². The second kappa shape index (κ2) is 14.5. The SMILES string of the molecule is C=CC=CC(=CC)N(c1ccccc1)c1ccc2c(c1)C(C)(C)c1cc3c(cc1-2)C(C)(C)c1cc(N(C(C=CCC)=CC)c2ccccc2)c2ccccc2c1-3. The van der Waals surface area contributed by atoms with Crippen LogP contribution in [0.15, 0.2) is 182 Å². The largest absolute Gasteiger partial charge is 0.311 e. The van der Waals surface area contributed by atoms with E-state index in [0.717, 1.165) is 34.9 Å². The molecule has 2 nitrogen and oxygen atoms in total. The molecule has 6 aromatic rings. The molecule has 8 rings (SSSR count). The van der Waals surface area contributed by atoms with Crippen molar-refractivity contribution in [3.05, 3.63) is 204 Å². The summed E-state index contributed by atoms with van der Waals surface area (Å²) in [6.45, 7) is 20.0. The highest BCUT2D eigenvalue weighted by molar-refractivity contribution is 6.10. The fourth-order valence-electron chi connectivity index (χ4n) is 9.13. The smallest absolute Gasteiger partial charge is 0.0543 e. The minimum Gasteiger partial charge on any atom is -0.311 e. The Balaban J connectivity index is 1.31. The molecule has 2 heteroatoms. The van der Waals surface area contributed by atoms with Crippen molar-refractivity contribution < 1.29 is 0 Å². The molecule has 0 radical (unpaired) electrons. The first-order valence-corrected chi connectivity index (χ1v) is 20.0. The van der Waals surface area contributed by atoms with E-state index in [-0.39, 0.29) is 10.8 Å². The zero-order chi connectivity index (χ0) is 39.2. The third-order valence-corrected chi connectivity index (χ3v) is 12.0. The number of benzene rings is 6. The zero-order valence-electron chi connectivity index (χ0n) is 33.9. The zero-order valence-corrected chi connectivity index (χ0v) is 33.9. The molecule has 56 heavy (non-hydrogen) atoms. The highest BCUT2D eigenvalue weighted by Gasteiger charge is 2.43. The van der Waals surface area contributed by atoms with Gasteiger partial charge in [-0.2, -0.15) is 0 Å². The summed E-state index contributed by atoms with van der Waals surface area (Å²) in [7, 11) is 0. The van der Waals surface area contributed by atoms with Gasteiger partial charge in [-0.1, -0.05) is 138 Å². The molecule has 0 atom stereocenters. The first kappa shape index (κ1) is 36.8. The Labute approximate surface area is 334 Å². The third kappa shape index (κ3) is 5.87. The third-order valence-electron chi connectivity index (χ3n) is 12.0. The van der Waals surface area contributed by atoms with Crippen LogP contribution < -0.4 is 9.80 Å². The summed E-state index contributed by atoms with van der Waals surface area (Å²) in [5.41, 5.74) is 17.4. The van der Waals surface area contributed by atoms with Gasteiger partial charge in [0.15, 0.2) is 0 Å². The molecule has 0 aliphatic heterocycles. The molecule has 278 valence electrons. The number of hydrogen-bond acceptors (Lipinski definition) is 2. The molecule has 0 saturated carbocycles. The first-order chi connectivity index (χ1) is 27.1. The summed E-state index contributed by atoms with van der Waals surface area (Å²) in [4.78, 5) is 4.79. The lowest BCUT2D eigenvalue weighted by Crippen LogP contribution is -2.19. The van der Waals surface area contributed by atoms with E-state index in [4.69, 9.17) is 0 Å².